The molecule has 0 aliphatic carbocycles. The fourth-order valence-corrected chi connectivity index (χ4v) is 12.5. The van der Waals surface area contributed by atoms with Gasteiger partial charge in [-0.2, -0.15) is 11.8 Å². The molecule has 1 spiro atoms. The van der Waals surface area contributed by atoms with Crippen LogP contribution in [0, 0.1) is 13.8 Å². The maximum absolute atomic E-state index is 14.9. The predicted octanol–water partition coefficient (Wildman–Crippen LogP) is 6.43. The second-order valence-electron chi connectivity index (χ2n) is 16.5. The molecule has 6 aliphatic rings. The number of thioether (sulfide) groups is 1. The molecular weight excluding hydrogens is 735 g/mol. The van der Waals surface area contributed by atoms with E-state index in [0.29, 0.717) is 52.4 Å². The summed E-state index contributed by atoms with van der Waals surface area (Å²) in [7, 11) is 1.60. The number of phenolic OH excluding ortho intramolecular Hbond substituents is 1. The van der Waals surface area contributed by atoms with Crippen LogP contribution < -0.4 is 24.3 Å². The topological polar surface area (TPSA) is 132 Å². The molecule has 2 N–H and O–H groups in total. The number of nitrogens with zero attached hydrogens (tertiary/aromatic N) is 2. The van der Waals surface area contributed by atoms with Gasteiger partial charge in [0.05, 0.1) is 19.2 Å². The molecule has 1 aromatic heterocycles. The van der Waals surface area contributed by atoms with Gasteiger partial charge in [-0.05, 0) is 70.7 Å². The maximum Gasteiger partial charge on any atom is 0.335 e. The molecule has 0 saturated carbocycles. The molecule has 12 nitrogen and oxygen atoms in total. The summed E-state index contributed by atoms with van der Waals surface area (Å²) in [5, 5.41) is 16.5. The zero-order valence-electron chi connectivity index (χ0n) is 32.7. The minimum atomic E-state index is -1.25. The van der Waals surface area contributed by atoms with Crippen LogP contribution in [0.2, 0.25) is 0 Å². The number of carbonyl (C=O) groups is 2. The average molecular weight is 782 g/mol. The number of ether oxygens (including phenoxy) is 5. The molecule has 7 atom stereocenters. The SMILES string of the molecule is COc1c(C)cc2c(c1O)[C@@H]1[C@H](C)N([C@H]3COC(=O)[C@]4(CSCc5c(OC(C)=O)c(C)c6c(c53)OCO6)NCCc3c4oc4ccccc34)[C@@H](C)[C@@H]3CC2(C)N13. The van der Waals surface area contributed by atoms with Crippen LogP contribution in [0.5, 0.6) is 28.7 Å². The van der Waals surface area contributed by atoms with Gasteiger partial charge >= 0.3 is 11.9 Å². The normalized spacial score (nSPS) is 30.6. The quantitative estimate of drug-likeness (QED) is 0.175. The molecule has 56 heavy (non-hydrogen) atoms. The Morgan fingerprint density at radius 2 is 1.84 bits per heavy atom. The molecule has 0 bridgehead atoms. The van der Waals surface area contributed by atoms with Crippen molar-refractivity contribution in [3.05, 3.63) is 75.0 Å². The zero-order valence-corrected chi connectivity index (χ0v) is 33.6. The van der Waals surface area contributed by atoms with Crippen LogP contribution in [-0.2, 0) is 37.6 Å². The Morgan fingerprint density at radius 3 is 2.62 bits per heavy atom. The number of esters is 2. The molecule has 0 radical (unpaired) electrons. The number of aryl methyl sites for hydroxylation is 1. The van der Waals surface area contributed by atoms with Crippen LogP contribution in [0.15, 0.2) is 34.7 Å². The molecule has 7 heterocycles. The van der Waals surface area contributed by atoms with E-state index in [1.165, 1.54) is 6.92 Å². The lowest BCUT2D eigenvalue weighted by atomic mass is 9.72. The number of furan rings is 1. The van der Waals surface area contributed by atoms with Gasteiger partial charge in [-0.1, -0.05) is 18.2 Å². The number of phenols is 1. The number of aromatic hydroxyl groups is 1. The highest BCUT2D eigenvalue weighted by atomic mass is 32.2. The summed E-state index contributed by atoms with van der Waals surface area (Å²) >= 11 is 1.56. The summed E-state index contributed by atoms with van der Waals surface area (Å²) in [6.07, 6.45) is 1.60. The van der Waals surface area contributed by atoms with Gasteiger partial charge in [-0.25, -0.2) is 4.79 Å². The number of hydrogen-bond acceptors (Lipinski definition) is 13. The Kier molecular flexibility index (Phi) is 8.05. The molecule has 3 aromatic carbocycles. The molecule has 0 amide bonds. The van der Waals surface area contributed by atoms with Crippen LogP contribution in [0.1, 0.15) is 90.9 Å². The molecule has 2 fully saturated rings. The van der Waals surface area contributed by atoms with Gasteiger partial charge in [-0.3, -0.25) is 19.9 Å². The molecule has 13 heteroatoms. The van der Waals surface area contributed by atoms with Crippen LogP contribution >= 0.6 is 11.8 Å². The Bertz CT molecular complexity index is 2360. The number of hydrogen-bond donors (Lipinski definition) is 2. The number of benzene rings is 3. The predicted molar refractivity (Wildman–Crippen MR) is 209 cm³/mol. The van der Waals surface area contributed by atoms with E-state index in [0.717, 1.165) is 57.2 Å². The van der Waals surface area contributed by atoms with Crippen molar-refractivity contribution in [2.45, 2.75) is 101 Å². The van der Waals surface area contributed by atoms with E-state index < -0.39 is 23.5 Å². The third kappa shape index (κ3) is 4.65. The fourth-order valence-electron chi connectivity index (χ4n) is 11.3. The molecular formula is C43H47N3O9S. The highest BCUT2D eigenvalue weighted by molar-refractivity contribution is 7.98. The van der Waals surface area contributed by atoms with E-state index in [2.05, 4.69) is 42.0 Å². The zero-order chi connectivity index (χ0) is 39.0. The van der Waals surface area contributed by atoms with Crippen molar-refractivity contribution in [3.63, 3.8) is 0 Å². The lowest BCUT2D eigenvalue weighted by Crippen LogP contribution is -2.73. The van der Waals surface area contributed by atoms with E-state index in [-0.39, 0.29) is 48.9 Å². The number of para-hydroxylation sites is 1. The number of nitrogens with one attached hydrogen (secondary N) is 1. The van der Waals surface area contributed by atoms with Crippen LogP contribution in [0.3, 0.4) is 0 Å². The summed E-state index contributed by atoms with van der Waals surface area (Å²) in [6.45, 7) is 12.5. The van der Waals surface area contributed by atoms with E-state index in [1.807, 2.05) is 38.1 Å². The van der Waals surface area contributed by atoms with Crippen molar-refractivity contribution in [2.24, 2.45) is 0 Å². The number of rotatable bonds is 3. The molecule has 294 valence electrons. The van der Waals surface area contributed by atoms with Gasteiger partial charge in [0.2, 0.25) is 6.79 Å². The third-order valence-electron chi connectivity index (χ3n) is 13.6. The number of cyclic esters (lactones) is 1. The first-order chi connectivity index (χ1) is 26.9. The van der Waals surface area contributed by atoms with Gasteiger partial charge in [-0.15, -0.1) is 0 Å². The second-order valence-corrected chi connectivity index (χ2v) is 17.4. The highest BCUT2D eigenvalue weighted by Crippen LogP contribution is 2.66. The van der Waals surface area contributed by atoms with Crippen molar-refractivity contribution < 1.29 is 42.8 Å². The monoisotopic (exact) mass is 781 g/mol. The summed E-state index contributed by atoms with van der Waals surface area (Å²) in [5.41, 5.74) is 5.44. The Hall–Kier alpha value is -4.43. The Labute approximate surface area is 329 Å². The third-order valence-corrected chi connectivity index (χ3v) is 14.7. The van der Waals surface area contributed by atoms with Gasteiger partial charge in [0.25, 0.3) is 0 Å². The molecule has 4 aromatic rings. The number of methoxy groups -OCH3 is 1. The molecule has 2 saturated heterocycles. The molecule has 1 unspecified atom stereocenters. The van der Waals surface area contributed by atoms with Crippen molar-refractivity contribution in [1.29, 1.82) is 0 Å². The highest BCUT2D eigenvalue weighted by Gasteiger charge is 2.66. The minimum absolute atomic E-state index is 0.0104. The number of piperazine rings is 1. The summed E-state index contributed by atoms with van der Waals surface area (Å²) in [5.74, 6) is 2.68. The van der Waals surface area contributed by atoms with Crippen molar-refractivity contribution in [2.75, 3.05) is 32.8 Å². The minimum Gasteiger partial charge on any atom is -0.504 e. The van der Waals surface area contributed by atoms with E-state index in [1.54, 1.807) is 18.9 Å². The van der Waals surface area contributed by atoms with Crippen LogP contribution in [0.25, 0.3) is 11.0 Å². The Balaban J connectivity index is 1.15. The summed E-state index contributed by atoms with van der Waals surface area (Å²) in [6, 6.07) is 9.29. The van der Waals surface area contributed by atoms with E-state index in [4.69, 9.17) is 28.1 Å². The smallest absolute Gasteiger partial charge is 0.335 e. The molecule has 10 rings (SSSR count). The first-order valence-electron chi connectivity index (χ1n) is 19.5. The van der Waals surface area contributed by atoms with Crippen molar-refractivity contribution >= 4 is 34.7 Å². The fraction of sp³-hybridized carbons (Fsp3) is 0.488. The van der Waals surface area contributed by atoms with Gasteiger partial charge in [0.15, 0.2) is 28.5 Å². The van der Waals surface area contributed by atoms with Crippen LogP contribution in [-0.4, -0.2) is 77.8 Å². The van der Waals surface area contributed by atoms with Gasteiger partial charge < -0.3 is 33.2 Å². The van der Waals surface area contributed by atoms with Gasteiger partial charge in [0, 0.05) is 81.8 Å². The number of fused-ring (bicyclic) bond motifs is 10. The summed E-state index contributed by atoms with van der Waals surface area (Å²) in [4.78, 5) is 32.7. The van der Waals surface area contributed by atoms with E-state index >= 15 is 0 Å². The average Bonchev–Trinajstić information content (AvgIpc) is 3.86. The summed E-state index contributed by atoms with van der Waals surface area (Å²) < 4.78 is 37.4. The second kappa shape index (κ2) is 12.5. The Morgan fingerprint density at radius 1 is 1.05 bits per heavy atom. The number of carbonyl (C=O) groups excluding carboxylic acids is 2. The van der Waals surface area contributed by atoms with Crippen LogP contribution in [0.4, 0.5) is 0 Å². The maximum atomic E-state index is 14.9. The molecule has 6 aliphatic heterocycles. The largest absolute Gasteiger partial charge is 0.504 e. The lowest BCUT2D eigenvalue weighted by molar-refractivity contribution is -0.188. The van der Waals surface area contributed by atoms with Gasteiger partial charge in [0.1, 0.15) is 23.7 Å². The first-order valence-corrected chi connectivity index (χ1v) is 20.7. The standard InChI is InChI=1S/C43H47N3O9S/c1-20-14-28-33(35(48)36(20)50-7)34-23(4)45(22(3)29-15-42(28,6)46(29)34)30-16-51-41(49)43(40-26(12-13-44-43)25-10-8-9-11-31(25)55-40)18-56-17-27-32(30)39-38(52-19-53-39)21(2)37(27)54-24(5)47/h8-11,14,22-23,29-30,34,44,48H,12-13,15-19H2,1-7H3/t22-,23-,29-,30-,34-,42?,43+/m0/s1. The van der Waals surface area contributed by atoms with E-state index in [9.17, 15) is 14.7 Å². The lowest BCUT2D eigenvalue weighted by Gasteiger charge is -2.65. The first kappa shape index (κ1) is 35.9. The van der Waals surface area contributed by atoms with Crippen molar-refractivity contribution in [3.8, 4) is 28.7 Å². The van der Waals surface area contributed by atoms with Crippen molar-refractivity contribution in [1.82, 2.24) is 15.1 Å².